The van der Waals surface area contributed by atoms with Crippen molar-refractivity contribution in [3.05, 3.63) is 23.5 Å². The molecule has 0 bridgehead atoms. The van der Waals surface area contributed by atoms with Crippen LogP contribution in [-0.2, 0) is 6.42 Å². The Labute approximate surface area is 103 Å². The van der Waals surface area contributed by atoms with Gasteiger partial charge in [0.2, 0.25) is 0 Å². The van der Waals surface area contributed by atoms with Gasteiger partial charge in [0.25, 0.3) is 0 Å². The van der Waals surface area contributed by atoms with Crippen LogP contribution in [0.4, 0.5) is 0 Å². The molecule has 1 fully saturated rings. The Hall–Kier alpha value is -1.13. The van der Waals surface area contributed by atoms with E-state index in [1.54, 1.807) is 7.11 Å². The van der Waals surface area contributed by atoms with Crippen molar-refractivity contribution in [2.24, 2.45) is 0 Å². The van der Waals surface area contributed by atoms with Crippen molar-refractivity contribution in [2.75, 3.05) is 39.8 Å². The Balaban J connectivity index is 1.93. The molecule has 2 heterocycles. The third kappa shape index (κ3) is 3.17. The molecule has 0 saturated carbocycles. The molecule has 1 aromatic rings. The lowest BCUT2D eigenvalue weighted by Gasteiger charge is -2.27. The number of ether oxygens (including phenoxy) is 1. The van der Waals surface area contributed by atoms with Crippen LogP contribution in [-0.4, -0.2) is 49.7 Å². The van der Waals surface area contributed by atoms with Crippen LogP contribution in [0.25, 0.3) is 0 Å². The minimum absolute atomic E-state index is 0.940. The van der Waals surface area contributed by atoms with E-state index < -0.39 is 0 Å². The second-order valence-electron chi connectivity index (χ2n) is 4.43. The molecule has 0 radical (unpaired) electrons. The summed E-state index contributed by atoms with van der Waals surface area (Å²) in [5.41, 5.74) is 2.33. The standard InChI is InChI=1S/C13H21N3O/c1-11-12(15-5-3-13(11)17-2)4-8-16-9-6-14-7-10-16/h3,5,14H,4,6-10H2,1-2H3. The van der Waals surface area contributed by atoms with Gasteiger partial charge >= 0.3 is 0 Å². The SMILES string of the molecule is COc1ccnc(CCN2CCNCC2)c1C. The van der Waals surface area contributed by atoms with E-state index in [4.69, 9.17) is 4.74 Å². The van der Waals surface area contributed by atoms with E-state index in [2.05, 4.69) is 22.1 Å². The highest BCUT2D eigenvalue weighted by Crippen LogP contribution is 2.19. The Bertz CT molecular complexity index is 362. The minimum atomic E-state index is 0.940. The van der Waals surface area contributed by atoms with E-state index in [9.17, 15) is 0 Å². The largest absolute Gasteiger partial charge is 0.496 e. The molecule has 4 nitrogen and oxygen atoms in total. The first-order chi connectivity index (χ1) is 8.31. The number of hydrogen-bond acceptors (Lipinski definition) is 4. The molecule has 1 aromatic heterocycles. The first-order valence-electron chi connectivity index (χ1n) is 6.23. The topological polar surface area (TPSA) is 37.4 Å². The summed E-state index contributed by atoms with van der Waals surface area (Å²) in [6.07, 6.45) is 2.84. The Morgan fingerprint density at radius 3 is 2.88 bits per heavy atom. The van der Waals surface area contributed by atoms with Crippen LogP contribution in [0.15, 0.2) is 12.3 Å². The van der Waals surface area contributed by atoms with Crippen LogP contribution in [0.2, 0.25) is 0 Å². The zero-order valence-electron chi connectivity index (χ0n) is 10.7. The van der Waals surface area contributed by atoms with E-state index in [1.807, 2.05) is 12.3 Å². The third-order valence-electron chi connectivity index (χ3n) is 3.35. The van der Waals surface area contributed by atoms with Gasteiger partial charge in [-0.2, -0.15) is 0 Å². The Morgan fingerprint density at radius 1 is 1.41 bits per heavy atom. The van der Waals surface area contributed by atoms with E-state index in [0.29, 0.717) is 0 Å². The van der Waals surface area contributed by atoms with Crippen molar-refractivity contribution < 1.29 is 4.74 Å². The summed E-state index contributed by atoms with van der Waals surface area (Å²) < 4.78 is 5.31. The van der Waals surface area contributed by atoms with Gasteiger partial charge in [-0.05, 0) is 13.0 Å². The molecule has 1 saturated heterocycles. The van der Waals surface area contributed by atoms with Gasteiger partial charge in [0, 0.05) is 56.6 Å². The molecule has 0 amide bonds. The molecule has 17 heavy (non-hydrogen) atoms. The van der Waals surface area contributed by atoms with Crippen molar-refractivity contribution in [3.8, 4) is 5.75 Å². The van der Waals surface area contributed by atoms with Gasteiger partial charge in [0.15, 0.2) is 0 Å². The number of piperazine rings is 1. The van der Waals surface area contributed by atoms with Gasteiger partial charge in [-0.3, -0.25) is 4.98 Å². The highest BCUT2D eigenvalue weighted by atomic mass is 16.5. The van der Waals surface area contributed by atoms with Gasteiger partial charge in [-0.15, -0.1) is 0 Å². The quantitative estimate of drug-likeness (QED) is 0.839. The van der Waals surface area contributed by atoms with Crippen molar-refractivity contribution in [1.29, 1.82) is 0 Å². The molecule has 4 heteroatoms. The normalized spacial score (nSPS) is 17.1. The Kier molecular flexibility index (Phi) is 4.34. The number of nitrogens with one attached hydrogen (secondary N) is 1. The smallest absolute Gasteiger partial charge is 0.125 e. The van der Waals surface area contributed by atoms with Crippen molar-refractivity contribution in [3.63, 3.8) is 0 Å². The number of aromatic nitrogens is 1. The lowest BCUT2D eigenvalue weighted by atomic mass is 10.1. The maximum atomic E-state index is 5.31. The zero-order chi connectivity index (χ0) is 12.1. The van der Waals surface area contributed by atoms with Crippen LogP contribution < -0.4 is 10.1 Å². The summed E-state index contributed by atoms with van der Waals surface area (Å²) in [4.78, 5) is 6.93. The Morgan fingerprint density at radius 2 is 2.18 bits per heavy atom. The molecule has 1 aliphatic rings. The van der Waals surface area contributed by atoms with E-state index in [1.165, 1.54) is 5.56 Å². The molecule has 1 N–H and O–H groups in total. The first-order valence-corrected chi connectivity index (χ1v) is 6.23. The summed E-state index contributed by atoms with van der Waals surface area (Å²) >= 11 is 0. The average Bonchev–Trinajstić information content (AvgIpc) is 2.39. The number of rotatable bonds is 4. The molecule has 2 rings (SSSR count). The minimum Gasteiger partial charge on any atom is -0.496 e. The third-order valence-corrected chi connectivity index (χ3v) is 3.35. The lowest BCUT2D eigenvalue weighted by Crippen LogP contribution is -2.44. The zero-order valence-corrected chi connectivity index (χ0v) is 10.7. The highest BCUT2D eigenvalue weighted by molar-refractivity contribution is 5.34. The summed E-state index contributed by atoms with van der Waals surface area (Å²) in [5.74, 6) is 0.940. The molecule has 0 aliphatic carbocycles. The fourth-order valence-corrected chi connectivity index (χ4v) is 2.23. The maximum Gasteiger partial charge on any atom is 0.125 e. The van der Waals surface area contributed by atoms with E-state index in [-0.39, 0.29) is 0 Å². The van der Waals surface area contributed by atoms with Crippen LogP contribution in [0.1, 0.15) is 11.3 Å². The van der Waals surface area contributed by atoms with Gasteiger partial charge in [-0.25, -0.2) is 0 Å². The predicted octanol–water partition coefficient (Wildman–Crippen LogP) is 0.846. The highest BCUT2D eigenvalue weighted by Gasteiger charge is 2.11. The maximum absolute atomic E-state index is 5.31. The summed E-state index contributed by atoms with van der Waals surface area (Å²) in [7, 11) is 1.71. The van der Waals surface area contributed by atoms with Crippen molar-refractivity contribution in [1.82, 2.24) is 15.2 Å². The molecule has 1 aliphatic heterocycles. The lowest BCUT2D eigenvalue weighted by molar-refractivity contribution is 0.243. The molecule has 0 spiro atoms. The van der Waals surface area contributed by atoms with Gasteiger partial charge in [0.05, 0.1) is 7.11 Å². The molecule has 0 aromatic carbocycles. The molecular weight excluding hydrogens is 214 g/mol. The van der Waals surface area contributed by atoms with Gasteiger partial charge in [-0.1, -0.05) is 0 Å². The predicted molar refractivity (Wildman–Crippen MR) is 68.5 cm³/mol. The number of methoxy groups -OCH3 is 1. The van der Waals surface area contributed by atoms with Gasteiger partial charge in [0.1, 0.15) is 5.75 Å². The van der Waals surface area contributed by atoms with Crippen molar-refractivity contribution >= 4 is 0 Å². The molecule has 0 unspecified atom stereocenters. The van der Waals surface area contributed by atoms with Crippen molar-refractivity contribution in [2.45, 2.75) is 13.3 Å². The summed E-state index contributed by atoms with van der Waals surface area (Å²) in [6.45, 7) is 7.66. The average molecular weight is 235 g/mol. The fraction of sp³-hybridized carbons (Fsp3) is 0.615. The number of hydrogen-bond donors (Lipinski definition) is 1. The second-order valence-corrected chi connectivity index (χ2v) is 4.43. The van der Waals surface area contributed by atoms with Crippen LogP contribution in [0.3, 0.4) is 0 Å². The van der Waals surface area contributed by atoms with Crippen LogP contribution >= 0.6 is 0 Å². The monoisotopic (exact) mass is 235 g/mol. The fourth-order valence-electron chi connectivity index (χ4n) is 2.23. The molecule has 0 atom stereocenters. The van der Waals surface area contributed by atoms with E-state index >= 15 is 0 Å². The number of nitrogens with zero attached hydrogens (tertiary/aromatic N) is 2. The first kappa shape index (κ1) is 12.3. The second kappa shape index (κ2) is 5.98. The summed E-state index contributed by atoms with van der Waals surface area (Å²) in [6, 6.07) is 1.92. The van der Waals surface area contributed by atoms with Crippen LogP contribution in [0.5, 0.6) is 5.75 Å². The van der Waals surface area contributed by atoms with E-state index in [0.717, 1.165) is 50.6 Å². The van der Waals surface area contributed by atoms with Crippen LogP contribution in [0, 0.1) is 6.92 Å². The number of pyridine rings is 1. The van der Waals surface area contributed by atoms with Gasteiger partial charge < -0.3 is 15.0 Å². The summed E-state index contributed by atoms with van der Waals surface area (Å²) in [5, 5.41) is 3.37. The molecule has 94 valence electrons. The molecular formula is C13H21N3O.